The number of nitrogens with zero attached hydrogens (tertiary/aromatic N) is 1. The summed E-state index contributed by atoms with van der Waals surface area (Å²) in [6.45, 7) is 1.78. The molecule has 3 aromatic carbocycles. The number of benzene rings is 3. The minimum Gasteiger partial charge on any atom is -0.493 e. The van der Waals surface area contributed by atoms with Crippen molar-refractivity contribution in [3.63, 3.8) is 0 Å². The van der Waals surface area contributed by atoms with Gasteiger partial charge in [0.1, 0.15) is 0 Å². The number of hydrogen-bond acceptors (Lipinski definition) is 8. The zero-order valence-corrected chi connectivity index (χ0v) is 28.6. The molecular weight excluding hydrogens is 702 g/mol. The number of aromatic nitrogens is 1. The summed E-state index contributed by atoms with van der Waals surface area (Å²) in [5.74, 6) is -0.526. The van der Waals surface area contributed by atoms with E-state index < -0.39 is 5.92 Å². The van der Waals surface area contributed by atoms with Crippen LogP contribution in [0.2, 0.25) is 0 Å². The Balaban J connectivity index is 1.09. The van der Waals surface area contributed by atoms with Gasteiger partial charge in [0.25, 0.3) is 5.91 Å². The van der Waals surface area contributed by atoms with Gasteiger partial charge in [0.15, 0.2) is 18.1 Å². The van der Waals surface area contributed by atoms with Gasteiger partial charge >= 0.3 is 4.87 Å². The number of thioether (sulfide) groups is 1. The van der Waals surface area contributed by atoms with Gasteiger partial charge in [-0.05, 0) is 85.2 Å². The maximum atomic E-state index is 14.0. The lowest BCUT2D eigenvalue weighted by Crippen LogP contribution is -2.42. The van der Waals surface area contributed by atoms with Gasteiger partial charge in [-0.1, -0.05) is 51.0 Å². The van der Waals surface area contributed by atoms with Gasteiger partial charge < -0.3 is 19.8 Å². The van der Waals surface area contributed by atoms with E-state index in [1.807, 2.05) is 55.5 Å². The van der Waals surface area contributed by atoms with Gasteiger partial charge in [-0.25, -0.2) is 0 Å². The first kappa shape index (κ1) is 30.5. The number of aryl methyl sites for hydroxylation is 1. The number of aromatic amines is 1. The number of nitrogens with one attached hydrogen (secondary N) is 2. The zero-order chi connectivity index (χ0) is 32.6. The molecule has 7 atom stereocenters. The summed E-state index contributed by atoms with van der Waals surface area (Å²) in [6.07, 6.45) is 0.799. The monoisotopic (exact) mass is 731 g/mol. The first-order valence-corrected chi connectivity index (χ1v) is 17.9. The fourth-order valence-corrected chi connectivity index (χ4v) is 11.4. The Hall–Kier alpha value is -3.87. The van der Waals surface area contributed by atoms with E-state index in [9.17, 15) is 19.2 Å². The molecule has 4 aromatic rings. The average molecular weight is 733 g/mol. The van der Waals surface area contributed by atoms with E-state index in [0.29, 0.717) is 22.9 Å². The molecule has 47 heavy (non-hydrogen) atoms. The van der Waals surface area contributed by atoms with E-state index in [1.165, 1.54) is 16.2 Å². The molecule has 0 spiro atoms. The SMILES string of the molecule is COc1cc([C@@H]2c3sc(=O)[nH]c3S[C@@H]3[C@@H]4C[C@@H]([C@@H]5C(=O)N(c6ccc(Br)cc6)C(=O)[C@@H]45)[C@H]23)ccc1OCC(=O)Nc1ccc(C)cc1. The summed E-state index contributed by atoms with van der Waals surface area (Å²) in [5, 5.41) is 3.74. The maximum absolute atomic E-state index is 14.0. The highest BCUT2D eigenvalue weighted by atomic mass is 79.9. The Labute approximate surface area is 287 Å². The Morgan fingerprint density at radius 2 is 1.70 bits per heavy atom. The molecule has 2 saturated carbocycles. The zero-order valence-electron chi connectivity index (χ0n) is 25.4. The van der Waals surface area contributed by atoms with Crippen molar-refractivity contribution in [3.05, 3.63) is 96.9 Å². The van der Waals surface area contributed by atoms with Crippen LogP contribution in [0, 0.1) is 36.5 Å². The fourth-order valence-electron chi connectivity index (χ4n) is 8.21. The third-order valence-corrected chi connectivity index (χ3v) is 13.2. The number of imide groups is 1. The van der Waals surface area contributed by atoms with Gasteiger partial charge in [-0.15, -0.1) is 11.8 Å². The number of anilines is 2. The molecule has 4 aliphatic rings. The predicted octanol–water partition coefficient (Wildman–Crippen LogP) is 6.21. The molecule has 12 heteroatoms. The lowest BCUT2D eigenvalue weighted by atomic mass is 9.68. The van der Waals surface area contributed by atoms with Crippen LogP contribution in [0.3, 0.4) is 0 Å². The number of amides is 3. The molecule has 1 aromatic heterocycles. The van der Waals surface area contributed by atoms with E-state index in [-0.39, 0.29) is 64.0 Å². The molecule has 2 N–H and O–H groups in total. The highest BCUT2D eigenvalue weighted by molar-refractivity contribution is 9.10. The molecule has 2 aliphatic carbocycles. The number of methoxy groups -OCH3 is 1. The van der Waals surface area contributed by atoms with Crippen molar-refractivity contribution >= 4 is 68.1 Å². The molecule has 9 nitrogen and oxygen atoms in total. The lowest BCUT2D eigenvalue weighted by Gasteiger charge is -2.43. The smallest absolute Gasteiger partial charge is 0.305 e. The Morgan fingerprint density at radius 1 is 0.979 bits per heavy atom. The third-order valence-electron chi connectivity index (χ3n) is 10.0. The summed E-state index contributed by atoms with van der Waals surface area (Å²) >= 11 is 6.30. The highest BCUT2D eigenvalue weighted by Crippen LogP contribution is 2.68. The topological polar surface area (TPSA) is 118 Å². The van der Waals surface area contributed by atoms with Crippen LogP contribution in [-0.2, 0) is 14.4 Å². The van der Waals surface area contributed by atoms with Crippen molar-refractivity contribution < 1.29 is 23.9 Å². The van der Waals surface area contributed by atoms with Crippen LogP contribution in [0.4, 0.5) is 11.4 Å². The number of rotatable bonds is 7. The number of carbonyl (C=O) groups is 3. The standard InChI is InChI=1S/C35H30BrN3O6S2/c1-16-3-8-19(9-4-16)37-25(40)15-45-23-12-5-17(13-24(23)44-2)26-27-21-14-22(30(27)46-32-31(26)47-35(43)38-32)29-28(21)33(41)39(34(29)42)20-10-6-18(36)7-11-20/h3-13,21-22,26-30H,14-15H2,1-2H3,(H,37,40)(H,38,43)/t21-,22-,26+,27-,28+,29+,30-/m1/s1. The molecule has 3 heterocycles. The van der Waals surface area contributed by atoms with Crippen LogP contribution in [0.1, 0.15) is 28.3 Å². The Bertz CT molecular complexity index is 1980. The van der Waals surface area contributed by atoms with Crippen LogP contribution >= 0.6 is 39.0 Å². The normalized spacial score (nSPS) is 27.0. The molecule has 240 valence electrons. The van der Waals surface area contributed by atoms with Crippen molar-refractivity contribution in [2.24, 2.45) is 29.6 Å². The molecule has 2 aliphatic heterocycles. The van der Waals surface area contributed by atoms with Crippen LogP contribution < -0.4 is 24.6 Å². The minimum absolute atomic E-state index is 0.0119. The second kappa shape index (κ2) is 11.7. The van der Waals surface area contributed by atoms with Gasteiger partial charge in [0.05, 0.1) is 29.7 Å². The predicted molar refractivity (Wildman–Crippen MR) is 183 cm³/mol. The molecular formula is C35H30BrN3O6S2. The first-order valence-electron chi connectivity index (χ1n) is 15.4. The van der Waals surface area contributed by atoms with E-state index in [2.05, 4.69) is 26.2 Å². The molecule has 0 unspecified atom stereocenters. The molecule has 8 rings (SSSR count). The van der Waals surface area contributed by atoms with Crippen LogP contribution in [0.15, 0.2) is 81.0 Å². The van der Waals surface area contributed by atoms with Crippen molar-refractivity contribution in [3.8, 4) is 11.5 Å². The van der Waals surface area contributed by atoms with Crippen LogP contribution in [0.5, 0.6) is 11.5 Å². The average Bonchev–Trinajstić information content (AvgIpc) is 3.80. The summed E-state index contributed by atoms with van der Waals surface area (Å²) < 4.78 is 12.5. The maximum Gasteiger partial charge on any atom is 0.305 e. The van der Waals surface area contributed by atoms with Crippen LogP contribution in [-0.4, -0.2) is 41.7 Å². The van der Waals surface area contributed by atoms with Gasteiger partial charge in [0, 0.05) is 26.2 Å². The molecule has 0 radical (unpaired) electrons. The number of ether oxygens (including phenoxy) is 2. The first-order chi connectivity index (χ1) is 22.7. The highest BCUT2D eigenvalue weighted by Gasteiger charge is 2.69. The summed E-state index contributed by atoms with van der Waals surface area (Å²) in [7, 11) is 1.56. The second-order valence-electron chi connectivity index (χ2n) is 12.6. The molecule has 2 bridgehead atoms. The Kier molecular flexibility index (Phi) is 7.57. The summed E-state index contributed by atoms with van der Waals surface area (Å²) in [5.41, 5.74) is 3.33. The van der Waals surface area contributed by atoms with Crippen molar-refractivity contribution in [2.45, 2.75) is 29.5 Å². The fraction of sp³-hybridized carbons (Fsp3) is 0.314. The van der Waals surface area contributed by atoms with Gasteiger partial charge in [-0.2, -0.15) is 0 Å². The quantitative estimate of drug-likeness (QED) is 0.217. The van der Waals surface area contributed by atoms with Crippen molar-refractivity contribution in [1.29, 1.82) is 0 Å². The van der Waals surface area contributed by atoms with E-state index in [0.717, 1.165) is 31.9 Å². The van der Waals surface area contributed by atoms with E-state index in [1.54, 1.807) is 37.1 Å². The molecule has 3 amide bonds. The molecule has 3 fully saturated rings. The number of carbonyl (C=O) groups excluding carboxylic acids is 3. The summed E-state index contributed by atoms with van der Waals surface area (Å²) in [4.78, 5) is 58.4. The van der Waals surface area contributed by atoms with Gasteiger partial charge in [-0.3, -0.25) is 24.1 Å². The van der Waals surface area contributed by atoms with Crippen molar-refractivity contribution in [2.75, 3.05) is 23.9 Å². The Morgan fingerprint density at radius 3 is 2.43 bits per heavy atom. The number of hydrogen-bond donors (Lipinski definition) is 2. The van der Waals surface area contributed by atoms with E-state index in [4.69, 9.17) is 9.47 Å². The van der Waals surface area contributed by atoms with Crippen LogP contribution in [0.25, 0.3) is 0 Å². The number of thiazole rings is 1. The third kappa shape index (κ3) is 5.03. The minimum atomic E-state index is -0.394. The second-order valence-corrected chi connectivity index (χ2v) is 15.7. The number of fused-ring (bicyclic) bond motifs is 9. The molecule has 1 saturated heterocycles. The van der Waals surface area contributed by atoms with Gasteiger partial charge in [0.2, 0.25) is 11.8 Å². The number of halogens is 1. The van der Waals surface area contributed by atoms with E-state index >= 15 is 0 Å². The van der Waals surface area contributed by atoms with Crippen molar-refractivity contribution in [1.82, 2.24) is 4.98 Å². The largest absolute Gasteiger partial charge is 0.493 e. The lowest BCUT2D eigenvalue weighted by molar-refractivity contribution is -0.123. The number of H-pyrrole nitrogens is 1. The summed E-state index contributed by atoms with van der Waals surface area (Å²) in [6, 6.07) is 20.5.